The van der Waals surface area contributed by atoms with Gasteiger partial charge in [-0.2, -0.15) is 10.1 Å². The van der Waals surface area contributed by atoms with Crippen molar-refractivity contribution >= 4 is 5.91 Å². The molecule has 0 radical (unpaired) electrons. The highest BCUT2D eigenvalue weighted by atomic mass is 19.1. The molecule has 1 unspecified atom stereocenters. The van der Waals surface area contributed by atoms with Crippen molar-refractivity contribution in [1.82, 2.24) is 24.8 Å². The highest BCUT2D eigenvalue weighted by Crippen LogP contribution is 2.37. The van der Waals surface area contributed by atoms with Crippen LogP contribution < -0.4 is 0 Å². The molecule has 4 heterocycles. The fourth-order valence-electron chi connectivity index (χ4n) is 3.72. The lowest BCUT2D eigenvalue weighted by Crippen LogP contribution is -2.32. The third kappa shape index (κ3) is 3.36. The fraction of sp³-hybridized carbons (Fsp3) is 0.667. The number of halogens is 1. The van der Waals surface area contributed by atoms with Crippen molar-refractivity contribution in [3.8, 4) is 0 Å². The molecule has 0 N–H and O–H groups in total. The zero-order valence-electron chi connectivity index (χ0n) is 15.7. The highest BCUT2D eigenvalue weighted by Gasteiger charge is 2.47. The molecule has 0 spiro atoms. The number of aromatic nitrogens is 4. The molecule has 2 aromatic rings. The van der Waals surface area contributed by atoms with Crippen LogP contribution in [0.4, 0.5) is 4.39 Å². The standard InChI is InChI=1S/C18H24FN5O3/c1-3-24-10-14(12(2)21-24)16(25)23-7-6-18(19,11-23)17-20-15(22-27-17)13-4-8-26-9-5-13/h10,13H,3-9,11H2,1-2H3. The number of ether oxygens (including phenoxy) is 1. The topological polar surface area (TPSA) is 86.3 Å². The summed E-state index contributed by atoms with van der Waals surface area (Å²) < 4.78 is 27.8. The van der Waals surface area contributed by atoms with E-state index in [2.05, 4.69) is 15.2 Å². The van der Waals surface area contributed by atoms with Gasteiger partial charge in [-0.25, -0.2) is 4.39 Å². The second-order valence-corrected chi connectivity index (χ2v) is 7.27. The molecule has 2 aliphatic rings. The fourth-order valence-corrected chi connectivity index (χ4v) is 3.72. The molecule has 2 saturated heterocycles. The Balaban J connectivity index is 1.48. The molecule has 2 aromatic heterocycles. The normalized spacial score (nSPS) is 23.9. The van der Waals surface area contributed by atoms with Gasteiger partial charge in [-0.1, -0.05) is 5.16 Å². The molecule has 4 rings (SSSR count). The van der Waals surface area contributed by atoms with E-state index in [0.29, 0.717) is 43.4 Å². The number of alkyl halides is 1. The number of amides is 1. The van der Waals surface area contributed by atoms with Gasteiger partial charge in [0.15, 0.2) is 5.82 Å². The average Bonchev–Trinajstić information content (AvgIpc) is 3.40. The largest absolute Gasteiger partial charge is 0.381 e. The first-order valence-corrected chi connectivity index (χ1v) is 9.44. The molecule has 2 fully saturated rings. The first-order valence-electron chi connectivity index (χ1n) is 9.44. The van der Waals surface area contributed by atoms with E-state index in [1.165, 1.54) is 4.90 Å². The summed E-state index contributed by atoms with van der Waals surface area (Å²) in [5.74, 6) is 0.438. The minimum Gasteiger partial charge on any atom is -0.381 e. The molecule has 1 atom stereocenters. The van der Waals surface area contributed by atoms with Crippen LogP contribution in [0.2, 0.25) is 0 Å². The second kappa shape index (κ2) is 7.03. The SMILES string of the molecule is CCn1cc(C(=O)N2CCC(F)(c3nc(C4CCOCC4)no3)C2)c(C)n1. The Kier molecular flexibility index (Phi) is 4.71. The maximum absolute atomic E-state index is 15.5. The third-order valence-electron chi connectivity index (χ3n) is 5.42. The van der Waals surface area contributed by atoms with Crippen molar-refractivity contribution in [2.45, 2.75) is 51.2 Å². The van der Waals surface area contributed by atoms with E-state index in [9.17, 15) is 4.79 Å². The number of carbonyl (C=O) groups excluding carboxylic acids is 1. The molecule has 0 aliphatic carbocycles. The predicted molar refractivity (Wildman–Crippen MR) is 93.0 cm³/mol. The van der Waals surface area contributed by atoms with Crippen molar-refractivity contribution in [2.75, 3.05) is 26.3 Å². The molecule has 8 nitrogen and oxygen atoms in total. The molecule has 146 valence electrons. The summed E-state index contributed by atoms with van der Waals surface area (Å²) in [6.45, 7) is 5.95. The second-order valence-electron chi connectivity index (χ2n) is 7.27. The Bertz CT molecular complexity index is 829. The van der Waals surface area contributed by atoms with Crippen LogP contribution in [0.25, 0.3) is 0 Å². The van der Waals surface area contributed by atoms with Gasteiger partial charge in [-0.05, 0) is 26.7 Å². The van der Waals surface area contributed by atoms with Gasteiger partial charge >= 0.3 is 0 Å². The van der Waals surface area contributed by atoms with Crippen molar-refractivity contribution in [3.63, 3.8) is 0 Å². The molecule has 27 heavy (non-hydrogen) atoms. The zero-order chi connectivity index (χ0) is 19.0. The molecule has 2 aliphatic heterocycles. The number of nitrogens with zero attached hydrogens (tertiary/aromatic N) is 5. The predicted octanol–water partition coefficient (Wildman–Crippen LogP) is 2.20. The number of hydrogen-bond donors (Lipinski definition) is 0. The van der Waals surface area contributed by atoms with Gasteiger partial charge in [0.05, 0.1) is 17.8 Å². The minimum atomic E-state index is -1.80. The Morgan fingerprint density at radius 2 is 2.19 bits per heavy atom. The summed E-state index contributed by atoms with van der Waals surface area (Å²) in [5.41, 5.74) is -0.645. The number of carbonyl (C=O) groups is 1. The van der Waals surface area contributed by atoms with Crippen LogP contribution >= 0.6 is 0 Å². The van der Waals surface area contributed by atoms with Crippen LogP contribution in [-0.4, -0.2) is 57.0 Å². The summed E-state index contributed by atoms with van der Waals surface area (Å²) in [5, 5.41) is 8.28. The summed E-state index contributed by atoms with van der Waals surface area (Å²) in [4.78, 5) is 18.6. The molecule has 0 saturated carbocycles. The van der Waals surface area contributed by atoms with Gasteiger partial charge < -0.3 is 14.2 Å². The van der Waals surface area contributed by atoms with E-state index < -0.39 is 5.67 Å². The van der Waals surface area contributed by atoms with Gasteiger partial charge in [0.2, 0.25) is 5.67 Å². The lowest BCUT2D eigenvalue weighted by molar-refractivity contribution is 0.0716. The lowest BCUT2D eigenvalue weighted by Gasteiger charge is -2.19. The number of likely N-dealkylation sites (tertiary alicyclic amines) is 1. The van der Waals surface area contributed by atoms with Crippen LogP contribution in [0.15, 0.2) is 10.7 Å². The van der Waals surface area contributed by atoms with Crippen LogP contribution in [0.3, 0.4) is 0 Å². The van der Waals surface area contributed by atoms with Crippen LogP contribution in [0.1, 0.15) is 59.9 Å². The highest BCUT2D eigenvalue weighted by molar-refractivity contribution is 5.95. The summed E-state index contributed by atoms with van der Waals surface area (Å²) in [6, 6.07) is 0. The minimum absolute atomic E-state index is 0.0275. The maximum atomic E-state index is 15.5. The van der Waals surface area contributed by atoms with E-state index in [1.807, 2.05) is 6.92 Å². The Hall–Kier alpha value is -2.29. The first kappa shape index (κ1) is 18.1. The molecule has 9 heteroatoms. The van der Waals surface area contributed by atoms with E-state index in [1.54, 1.807) is 17.8 Å². The summed E-state index contributed by atoms with van der Waals surface area (Å²) in [7, 11) is 0. The molecular weight excluding hydrogens is 353 g/mol. The van der Waals surface area contributed by atoms with Gasteiger partial charge in [-0.3, -0.25) is 9.48 Å². The van der Waals surface area contributed by atoms with Gasteiger partial charge in [0, 0.05) is 44.8 Å². The Labute approximate surface area is 156 Å². The quantitative estimate of drug-likeness (QED) is 0.812. The smallest absolute Gasteiger partial charge is 0.266 e. The monoisotopic (exact) mass is 377 g/mol. The average molecular weight is 377 g/mol. The van der Waals surface area contributed by atoms with E-state index in [-0.39, 0.29) is 30.7 Å². The molecule has 0 aromatic carbocycles. The number of aryl methyl sites for hydroxylation is 2. The van der Waals surface area contributed by atoms with E-state index in [4.69, 9.17) is 9.26 Å². The Morgan fingerprint density at radius 3 is 2.89 bits per heavy atom. The number of hydrogen-bond acceptors (Lipinski definition) is 6. The molecule has 0 bridgehead atoms. The lowest BCUT2D eigenvalue weighted by atomic mass is 9.99. The van der Waals surface area contributed by atoms with Gasteiger partial charge in [0.25, 0.3) is 11.8 Å². The first-order chi connectivity index (χ1) is 13.0. The zero-order valence-corrected chi connectivity index (χ0v) is 15.7. The van der Waals surface area contributed by atoms with Crippen LogP contribution in [-0.2, 0) is 17.0 Å². The maximum Gasteiger partial charge on any atom is 0.266 e. The van der Waals surface area contributed by atoms with E-state index in [0.717, 1.165) is 12.8 Å². The number of rotatable bonds is 4. The van der Waals surface area contributed by atoms with Crippen molar-refractivity contribution in [3.05, 3.63) is 29.2 Å². The third-order valence-corrected chi connectivity index (χ3v) is 5.42. The van der Waals surface area contributed by atoms with Gasteiger partial charge in [0.1, 0.15) is 0 Å². The van der Waals surface area contributed by atoms with Crippen LogP contribution in [0, 0.1) is 6.92 Å². The summed E-state index contributed by atoms with van der Waals surface area (Å²) >= 11 is 0. The van der Waals surface area contributed by atoms with Crippen molar-refractivity contribution < 1.29 is 18.4 Å². The Morgan fingerprint density at radius 1 is 1.41 bits per heavy atom. The van der Waals surface area contributed by atoms with Gasteiger partial charge in [-0.15, -0.1) is 0 Å². The van der Waals surface area contributed by atoms with Crippen LogP contribution in [0.5, 0.6) is 0 Å². The molecular formula is C18H24FN5O3. The molecule has 1 amide bonds. The van der Waals surface area contributed by atoms with E-state index >= 15 is 4.39 Å². The van der Waals surface area contributed by atoms with Crippen molar-refractivity contribution in [2.24, 2.45) is 0 Å². The van der Waals surface area contributed by atoms with Crippen molar-refractivity contribution in [1.29, 1.82) is 0 Å². The summed E-state index contributed by atoms with van der Waals surface area (Å²) in [6.07, 6.45) is 3.48.